The SMILES string of the molecule is Cc1cc2ccccc2n1CCCCS(=O)(=O)O. The highest BCUT2D eigenvalue weighted by Gasteiger charge is 2.06. The highest BCUT2D eigenvalue weighted by molar-refractivity contribution is 7.85. The van der Waals surface area contributed by atoms with Crippen molar-refractivity contribution in [3.05, 3.63) is 36.0 Å². The summed E-state index contributed by atoms with van der Waals surface area (Å²) in [5, 5.41) is 1.20. The number of hydrogen-bond donors (Lipinski definition) is 1. The summed E-state index contributed by atoms with van der Waals surface area (Å²) in [6, 6.07) is 10.3. The molecule has 2 aromatic rings. The Bertz CT molecular complexity index is 643. The average molecular weight is 267 g/mol. The van der Waals surface area contributed by atoms with Crippen LogP contribution in [0.3, 0.4) is 0 Å². The van der Waals surface area contributed by atoms with Crippen LogP contribution in [0, 0.1) is 6.92 Å². The first-order chi connectivity index (χ1) is 8.47. The van der Waals surface area contributed by atoms with Gasteiger partial charge in [-0.2, -0.15) is 8.42 Å². The number of aryl methyl sites for hydroxylation is 2. The Balaban J connectivity index is 2.06. The van der Waals surface area contributed by atoms with Crippen molar-refractivity contribution in [3.63, 3.8) is 0 Å². The topological polar surface area (TPSA) is 59.3 Å². The molecule has 0 bridgehead atoms. The summed E-state index contributed by atoms with van der Waals surface area (Å²) in [4.78, 5) is 0. The Morgan fingerprint density at radius 1 is 1.22 bits per heavy atom. The van der Waals surface area contributed by atoms with Gasteiger partial charge in [-0.15, -0.1) is 0 Å². The van der Waals surface area contributed by atoms with Gasteiger partial charge < -0.3 is 4.57 Å². The number of nitrogens with zero attached hydrogens (tertiary/aromatic N) is 1. The highest BCUT2D eigenvalue weighted by atomic mass is 32.2. The first-order valence-electron chi connectivity index (χ1n) is 5.97. The standard InChI is InChI=1S/C13H17NO3S/c1-11-10-12-6-2-3-7-13(12)14(11)8-4-5-9-18(15,16)17/h2-3,6-7,10H,4-5,8-9H2,1H3,(H,15,16,17). The zero-order valence-corrected chi connectivity index (χ0v) is 11.2. The Labute approximate surface area is 107 Å². The molecule has 5 heteroatoms. The summed E-state index contributed by atoms with van der Waals surface area (Å²) in [6.45, 7) is 2.82. The molecule has 1 aromatic carbocycles. The maximum atomic E-state index is 10.6. The van der Waals surface area contributed by atoms with Gasteiger partial charge in [-0.1, -0.05) is 18.2 Å². The second-order valence-electron chi connectivity index (χ2n) is 4.49. The number of rotatable bonds is 5. The van der Waals surface area contributed by atoms with Gasteiger partial charge in [0, 0.05) is 17.8 Å². The van der Waals surface area contributed by atoms with Gasteiger partial charge in [-0.25, -0.2) is 0 Å². The summed E-state index contributed by atoms with van der Waals surface area (Å²) in [6.07, 6.45) is 1.21. The monoisotopic (exact) mass is 267 g/mol. The molecule has 0 amide bonds. The maximum Gasteiger partial charge on any atom is 0.264 e. The Kier molecular flexibility index (Phi) is 3.73. The Morgan fingerprint density at radius 2 is 1.94 bits per heavy atom. The van der Waals surface area contributed by atoms with Gasteiger partial charge in [0.15, 0.2) is 0 Å². The molecular formula is C13H17NO3S. The Morgan fingerprint density at radius 3 is 2.67 bits per heavy atom. The molecule has 4 nitrogen and oxygen atoms in total. The van der Waals surface area contributed by atoms with Crippen molar-refractivity contribution in [2.45, 2.75) is 26.3 Å². The molecule has 0 aliphatic heterocycles. The van der Waals surface area contributed by atoms with E-state index in [1.807, 2.05) is 19.1 Å². The molecule has 0 aliphatic carbocycles. The van der Waals surface area contributed by atoms with Gasteiger partial charge in [0.05, 0.1) is 5.75 Å². The number of fused-ring (bicyclic) bond motifs is 1. The van der Waals surface area contributed by atoms with Crippen LogP contribution in [0.4, 0.5) is 0 Å². The molecule has 0 unspecified atom stereocenters. The first kappa shape index (κ1) is 13.1. The van der Waals surface area contributed by atoms with Crippen LogP contribution in [0.2, 0.25) is 0 Å². The summed E-state index contributed by atoms with van der Waals surface area (Å²) < 4.78 is 32.1. The van der Waals surface area contributed by atoms with Crippen molar-refractivity contribution in [2.75, 3.05) is 5.75 Å². The van der Waals surface area contributed by atoms with Crippen molar-refractivity contribution in [3.8, 4) is 0 Å². The van der Waals surface area contributed by atoms with Crippen LogP contribution in [-0.4, -0.2) is 23.3 Å². The fourth-order valence-electron chi connectivity index (χ4n) is 2.20. The molecule has 0 saturated carbocycles. The maximum absolute atomic E-state index is 10.6. The molecule has 2 rings (SSSR count). The van der Waals surface area contributed by atoms with Gasteiger partial charge in [0.25, 0.3) is 10.1 Å². The minimum atomic E-state index is -3.83. The van der Waals surface area contributed by atoms with E-state index in [1.165, 1.54) is 16.6 Å². The van der Waals surface area contributed by atoms with Crippen LogP contribution in [0.1, 0.15) is 18.5 Å². The van der Waals surface area contributed by atoms with Gasteiger partial charge in [-0.05, 0) is 37.3 Å². The van der Waals surface area contributed by atoms with Gasteiger partial charge in [0.2, 0.25) is 0 Å². The number of benzene rings is 1. The fourth-order valence-corrected chi connectivity index (χ4v) is 2.77. The average Bonchev–Trinajstić information content (AvgIpc) is 2.59. The number of para-hydroxylation sites is 1. The van der Waals surface area contributed by atoms with E-state index in [0.29, 0.717) is 6.42 Å². The Hall–Kier alpha value is -1.33. The first-order valence-corrected chi connectivity index (χ1v) is 7.58. The molecular weight excluding hydrogens is 250 g/mol. The minimum absolute atomic E-state index is 0.161. The fraction of sp³-hybridized carbons (Fsp3) is 0.385. The molecule has 18 heavy (non-hydrogen) atoms. The molecule has 0 aliphatic rings. The van der Waals surface area contributed by atoms with Crippen LogP contribution in [0.15, 0.2) is 30.3 Å². The summed E-state index contributed by atoms with van der Waals surface area (Å²) in [7, 11) is -3.83. The lowest BCUT2D eigenvalue weighted by molar-refractivity contribution is 0.478. The van der Waals surface area contributed by atoms with E-state index in [1.54, 1.807) is 0 Å². The van der Waals surface area contributed by atoms with Crippen LogP contribution in [0.5, 0.6) is 0 Å². The van der Waals surface area contributed by atoms with Gasteiger partial charge >= 0.3 is 0 Å². The van der Waals surface area contributed by atoms with Crippen LogP contribution in [0.25, 0.3) is 10.9 Å². The van der Waals surface area contributed by atoms with E-state index in [-0.39, 0.29) is 5.75 Å². The number of unbranched alkanes of at least 4 members (excludes halogenated alkanes) is 1. The minimum Gasteiger partial charge on any atom is -0.345 e. The predicted molar refractivity (Wildman–Crippen MR) is 72.3 cm³/mol. The molecule has 1 aromatic heterocycles. The lowest BCUT2D eigenvalue weighted by Gasteiger charge is -2.07. The lowest BCUT2D eigenvalue weighted by Crippen LogP contribution is -2.06. The normalized spacial score (nSPS) is 12.1. The molecule has 0 atom stereocenters. The number of aromatic nitrogens is 1. The molecule has 1 N–H and O–H groups in total. The van der Waals surface area contributed by atoms with Crippen molar-refractivity contribution in [1.29, 1.82) is 0 Å². The van der Waals surface area contributed by atoms with Crippen molar-refractivity contribution in [1.82, 2.24) is 4.57 Å². The third kappa shape index (κ3) is 3.11. The quantitative estimate of drug-likeness (QED) is 0.669. The zero-order valence-electron chi connectivity index (χ0n) is 10.3. The molecule has 0 radical (unpaired) electrons. The largest absolute Gasteiger partial charge is 0.345 e. The van der Waals surface area contributed by atoms with Crippen molar-refractivity contribution in [2.24, 2.45) is 0 Å². The molecule has 98 valence electrons. The van der Waals surface area contributed by atoms with Crippen molar-refractivity contribution >= 4 is 21.0 Å². The van der Waals surface area contributed by atoms with E-state index in [4.69, 9.17) is 4.55 Å². The predicted octanol–water partition coefficient (Wildman–Crippen LogP) is 2.62. The van der Waals surface area contributed by atoms with E-state index in [0.717, 1.165) is 13.0 Å². The van der Waals surface area contributed by atoms with Crippen molar-refractivity contribution < 1.29 is 13.0 Å². The smallest absolute Gasteiger partial charge is 0.264 e. The summed E-state index contributed by atoms with van der Waals surface area (Å²) in [5.41, 5.74) is 2.34. The van der Waals surface area contributed by atoms with Crippen LogP contribution < -0.4 is 0 Å². The van der Waals surface area contributed by atoms with Crippen LogP contribution in [-0.2, 0) is 16.7 Å². The third-order valence-corrected chi connectivity index (χ3v) is 3.86. The van der Waals surface area contributed by atoms with Gasteiger partial charge in [-0.3, -0.25) is 4.55 Å². The van der Waals surface area contributed by atoms with E-state index in [2.05, 4.69) is 22.8 Å². The lowest BCUT2D eigenvalue weighted by atomic mass is 10.2. The van der Waals surface area contributed by atoms with E-state index in [9.17, 15) is 8.42 Å². The summed E-state index contributed by atoms with van der Waals surface area (Å²) >= 11 is 0. The molecule has 0 fully saturated rings. The molecule has 0 saturated heterocycles. The second-order valence-corrected chi connectivity index (χ2v) is 6.06. The summed E-state index contributed by atoms with van der Waals surface area (Å²) in [5.74, 6) is -0.161. The van der Waals surface area contributed by atoms with Gasteiger partial charge in [0.1, 0.15) is 0 Å². The third-order valence-electron chi connectivity index (χ3n) is 3.05. The zero-order chi connectivity index (χ0) is 13.2. The number of hydrogen-bond acceptors (Lipinski definition) is 2. The van der Waals surface area contributed by atoms with Crippen LogP contribution >= 0.6 is 0 Å². The second kappa shape index (κ2) is 5.12. The molecule has 0 spiro atoms. The molecule has 1 heterocycles. The van der Waals surface area contributed by atoms with E-state index < -0.39 is 10.1 Å². The highest BCUT2D eigenvalue weighted by Crippen LogP contribution is 2.19. The van der Waals surface area contributed by atoms with E-state index >= 15 is 0 Å².